The van der Waals surface area contributed by atoms with Gasteiger partial charge in [0.2, 0.25) is 15.9 Å². The number of hydrogen-bond donors (Lipinski definition) is 2. The number of aromatic nitrogens is 1. The van der Waals surface area contributed by atoms with E-state index in [0.717, 1.165) is 0 Å². The minimum atomic E-state index is -3.69. The second-order valence-electron chi connectivity index (χ2n) is 4.96. The van der Waals surface area contributed by atoms with Gasteiger partial charge < -0.3 is 5.32 Å². The SMILES string of the molecule is O=C(CNS(=O)(=O)Cc1cc(Cl)cc(Cl)c1)NCc1ccccn1. The maximum absolute atomic E-state index is 12.0. The first kappa shape index (κ1) is 18.7. The van der Waals surface area contributed by atoms with Crippen LogP contribution in [0.25, 0.3) is 0 Å². The lowest BCUT2D eigenvalue weighted by atomic mass is 10.2. The van der Waals surface area contributed by atoms with Crippen LogP contribution in [0.1, 0.15) is 11.3 Å². The highest BCUT2D eigenvalue weighted by Crippen LogP contribution is 2.20. The molecular weight excluding hydrogens is 373 g/mol. The summed E-state index contributed by atoms with van der Waals surface area (Å²) in [6, 6.07) is 9.85. The predicted molar refractivity (Wildman–Crippen MR) is 93.2 cm³/mol. The summed E-state index contributed by atoms with van der Waals surface area (Å²) in [5.41, 5.74) is 1.12. The summed E-state index contributed by atoms with van der Waals surface area (Å²) in [7, 11) is -3.69. The van der Waals surface area contributed by atoms with E-state index in [1.165, 1.54) is 18.2 Å². The van der Waals surface area contributed by atoms with Crippen LogP contribution in [0.5, 0.6) is 0 Å². The van der Waals surface area contributed by atoms with Crippen LogP contribution in [0.3, 0.4) is 0 Å². The van der Waals surface area contributed by atoms with Gasteiger partial charge in [-0.3, -0.25) is 9.78 Å². The van der Waals surface area contributed by atoms with Crippen LogP contribution in [0.15, 0.2) is 42.6 Å². The van der Waals surface area contributed by atoms with Crippen molar-refractivity contribution in [2.75, 3.05) is 6.54 Å². The predicted octanol–water partition coefficient (Wildman–Crippen LogP) is 2.12. The van der Waals surface area contributed by atoms with Gasteiger partial charge in [-0.25, -0.2) is 13.1 Å². The number of nitrogens with one attached hydrogen (secondary N) is 2. The zero-order valence-electron chi connectivity index (χ0n) is 12.5. The number of rotatable bonds is 7. The number of pyridine rings is 1. The molecule has 128 valence electrons. The van der Waals surface area contributed by atoms with E-state index in [1.54, 1.807) is 24.4 Å². The first-order valence-electron chi connectivity index (χ1n) is 6.93. The van der Waals surface area contributed by atoms with Crippen LogP contribution >= 0.6 is 23.2 Å². The number of sulfonamides is 1. The maximum Gasteiger partial charge on any atom is 0.235 e. The molecule has 9 heteroatoms. The van der Waals surface area contributed by atoms with Crippen LogP contribution in [0, 0.1) is 0 Å². The van der Waals surface area contributed by atoms with Crippen LogP contribution in [-0.2, 0) is 27.1 Å². The standard InChI is InChI=1S/C15H15Cl2N3O3S/c16-12-5-11(6-13(17)7-12)10-24(22,23)20-9-15(21)19-8-14-3-1-2-4-18-14/h1-7,20H,8-10H2,(H,19,21). The molecule has 2 rings (SSSR count). The van der Waals surface area contributed by atoms with Gasteiger partial charge in [0.25, 0.3) is 0 Å². The Labute approximate surface area is 150 Å². The van der Waals surface area contributed by atoms with Crippen molar-refractivity contribution in [3.8, 4) is 0 Å². The molecule has 0 atom stereocenters. The highest BCUT2D eigenvalue weighted by Gasteiger charge is 2.14. The van der Waals surface area contributed by atoms with E-state index in [-0.39, 0.29) is 18.8 Å². The fourth-order valence-corrected chi connectivity index (χ4v) is 3.52. The number of benzene rings is 1. The van der Waals surface area contributed by atoms with E-state index in [9.17, 15) is 13.2 Å². The van der Waals surface area contributed by atoms with Crippen molar-refractivity contribution in [2.24, 2.45) is 0 Å². The Morgan fingerprint density at radius 2 is 1.83 bits per heavy atom. The van der Waals surface area contributed by atoms with Crippen LogP contribution < -0.4 is 10.0 Å². The largest absolute Gasteiger partial charge is 0.349 e. The quantitative estimate of drug-likeness (QED) is 0.761. The molecule has 0 unspecified atom stereocenters. The summed E-state index contributed by atoms with van der Waals surface area (Å²) < 4.78 is 26.3. The number of halogens is 2. The third-order valence-electron chi connectivity index (χ3n) is 2.92. The average Bonchev–Trinajstić information content (AvgIpc) is 2.50. The molecule has 0 aliphatic rings. The smallest absolute Gasteiger partial charge is 0.235 e. The molecule has 0 aliphatic carbocycles. The lowest BCUT2D eigenvalue weighted by molar-refractivity contribution is -0.120. The second-order valence-corrected chi connectivity index (χ2v) is 7.64. The van der Waals surface area contributed by atoms with Gasteiger partial charge in [-0.1, -0.05) is 29.3 Å². The van der Waals surface area contributed by atoms with E-state index >= 15 is 0 Å². The first-order valence-corrected chi connectivity index (χ1v) is 9.34. The fourth-order valence-electron chi connectivity index (χ4n) is 1.89. The van der Waals surface area contributed by atoms with Crippen molar-refractivity contribution < 1.29 is 13.2 Å². The minimum absolute atomic E-state index is 0.227. The molecule has 0 aliphatic heterocycles. The molecule has 0 radical (unpaired) electrons. The summed E-state index contributed by atoms with van der Waals surface area (Å²) in [4.78, 5) is 15.8. The van der Waals surface area contributed by atoms with E-state index in [1.807, 2.05) is 0 Å². The van der Waals surface area contributed by atoms with Crippen LogP contribution in [0.4, 0.5) is 0 Å². The van der Waals surface area contributed by atoms with E-state index in [4.69, 9.17) is 23.2 Å². The van der Waals surface area contributed by atoms with E-state index < -0.39 is 15.9 Å². The second kappa shape index (κ2) is 8.43. The van der Waals surface area contributed by atoms with E-state index in [0.29, 0.717) is 21.3 Å². The number of carbonyl (C=O) groups is 1. The van der Waals surface area contributed by atoms with Gasteiger partial charge in [-0.2, -0.15) is 0 Å². The fraction of sp³-hybridized carbons (Fsp3) is 0.200. The molecule has 24 heavy (non-hydrogen) atoms. The monoisotopic (exact) mass is 387 g/mol. The molecule has 1 aromatic carbocycles. The molecule has 0 bridgehead atoms. The van der Waals surface area contributed by atoms with Crippen LogP contribution in [-0.4, -0.2) is 25.9 Å². The Hall–Kier alpha value is -1.67. The van der Waals surface area contributed by atoms with Gasteiger partial charge >= 0.3 is 0 Å². The molecule has 0 spiro atoms. The Morgan fingerprint density at radius 3 is 2.46 bits per heavy atom. The zero-order valence-corrected chi connectivity index (χ0v) is 14.8. The molecule has 1 aromatic heterocycles. The Morgan fingerprint density at radius 1 is 1.12 bits per heavy atom. The van der Waals surface area contributed by atoms with Crippen LogP contribution in [0.2, 0.25) is 10.0 Å². The molecule has 6 nitrogen and oxygen atoms in total. The molecule has 0 saturated carbocycles. The Balaban J connectivity index is 1.84. The lowest BCUT2D eigenvalue weighted by Crippen LogP contribution is -2.37. The third kappa shape index (κ3) is 6.45. The van der Waals surface area contributed by atoms with Gasteiger partial charge in [0.05, 0.1) is 24.5 Å². The molecule has 0 fully saturated rings. The van der Waals surface area contributed by atoms with Gasteiger partial charge in [-0.05, 0) is 35.9 Å². The highest BCUT2D eigenvalue weighted by molar-refractivity contribution is 7.88. The van der Waals surface area contributed by atoms with Gasteiger partial charge in [0, 0.05) is 16.2 Å². The van der Waals surface area contributed by atoms with Crippen molar-refractivity contribution in [3.63, 3.8) is 0 Å². The normalized spacial score (nSPS) is 11.2. The minimum Gasteiger partial charge on any atom is -0.349 e. The summed E-state index contributed by atoms with van der Waals surface area (Å²) in [6.07, 6.45) is 1.61. The van der Waals surface area contributed by atoms with E-state index in [2.05, 4.69) is 15.0 Å². The Kier molecular flexibility index (Phi) is 6.56. The third-order valence-corrected chi connectivity index (χ3v) is 4.66. The van der Waals surface area contributed by atoms with Gasteiger partial charge in [0.1, 0.15) is 0 Å². The highest BCUT2D eigenvalue weighted by atomic mass is 35.5. The molecule has 2 aromatic rings. The average molecular weight is 388 g/mol. The topological polar surface area (TPSA) is 88.2 Å². The molecular formula is C15H15Cl2N3O3S. The maximum atomic E-state index is 12.0. The number of carbonyl (C=O) groups excluding carboxylic acids is 1. The first-order chi connectivity index (χ1) is 11.3. The molecule has 1 heterocycles. The zero-order chi connectivity index (χ0) is 17.6. The summed E-state index contributed by atoms with van der Waals surface area (Å²) in [6.45, 7) is -0.130. The Bertz CT molecular complexity index is 794. The summed E-state index contributed by atoms with van der Waals surface area (Å²) in [5.74, 6) is -0.769. The van der Waals surface area contributed by atoms with Crippen molar-refractivity contribution in [3.05, 3.63) is 63.9 Å². The summed E-state index contributed by atoms with van der Waals surface area (Å²) >= 11 is 11.7. The molecule has 1 amide bonds. The van der Waals surface area contributed by atoms with Gasteiger partial charge in [-0.15, -0.1) is 0 Å². The van der Waals surface area contributed by atoms with Gasteiger partial charge in [0.15, 0.2) is 0 Å². The van der Waals surface area contributed by atoms with Crippen molar-refractivity contribution in [1.82, 2.24) is 15.0 Å². The molecule has 0 saturated heterocycles. The van der Waals surface area contributed by atoms with Crippen molar-refractivity contribution >= 4 is 39.1 Å². The summed E-state index contributed by atoms with van der Waals surface area (Å²) in [5, 5.41) is 3.28. The number of nitrogens with zero attached hydrogens (tertiary/aromatic N) is 1. The van der Waals surface area contributed by atoms with Crippen molar-refractivity contribution in [1.29, 1.82) is 0 Å². The number of amides is 1. The molecule has 2 N–H and O–H groups in total. The lowest BCUT2D eigenvalue weighted by Gasteiger charge is -2.08. The number of hydrogen-bond acceptors (Lipinski definition) is 4. The van der Waals surface area contributed by atoms with Crippen molar-refractivity contribution in [2.45, 2.75) is 12.3 Å².